The van der Waals surface area contributed by atoms with Crippen molar-refractivity contribution >= 4 is 17.4 Å². The van der Waals surface area contributed by atoms with E-state index in [1.807, 2.05) is 91.0 Å². The van der Waals surface area contributed by atoms with Crippen LogP contribution in [0.4, 0.5) is 11.5 Å². The summed E-state index contributed by atoms with van der Waals surface area (Å²) in [5.74, 6) is -0.971. The molecule has 0 bridgehead atoms. The smallest absolute Gasteiger partial charge is 0.251 e. The number of aliphatic hydroxyl groups is 6. The Hall–Kier alpha value is -4.43. The molecule has 0 aliphatic carbocycles. The van der Waals surface area contributed by atoms with Crippen LogP contribution in [-0.2, 0) is 4.79 Å². The molecule has 0 radical (unpaired) electrons. The van der Waals surface area contributed by atoms with Crippen LogP contribution < -0.4 is 16.0 Å². The summed E-state index contributed by atoms with van der Waals surface area (Å²) >= 11 is 0. The van der Waals surface area contributed by atoms with E-state index >= 15 is 0 Å². The second-order valence-corrected chi connectivity index (χ2v) is 11.2. The van der Waals surface area contributed by atoms with Crippen molar-refractivity contribution in [3.8, 4) is 0 Å². The number of nitrogens with zero attached hydrogens (tertiary/aromatic N) is 2. The number of rotatable bonds is 18. The van der Waals surface area contributed by atoms with Crippen LogP contribution >= 0.6 is 0 Å². The monoisotopic (exact) mass is 645 g/mol. The van der Waals surface area contributed by atoms with Crippen molar-refractivity contribution in [2.24, 2.45) is 0 Å². The lowest BCUT2D eigenvalue weighted by Gasteiger charge is -2.33. The summed E-state index contributed by atoms with van der Waals surface area (Å²) in [7, 11) is 0. The molecule has 2 aromatic carbocycles. The number of benzene rings is 2. The second kappa shape index (κ2) is 18.0. The summed E-state index contributed by atoms with van der Waals surface area (Å²) in [4.78, 5) is 21.4. The maximum atomic E-state index is 12.3. The lowest BCUT2D eigenvalue weighted by molar-refractivity contribution is -0.148. The quantitative estimate of drug-likeness (QED) is 0.0711. The topological polar surface area (TPSA) is 200 Å². The average Bonchev–Trinajstić information content (AvgIpc) is 3.13. The van der Waals surface area contributed by atoms with Crippen LogP contribution in [0, 0.1) is 0 Å². The van der Waals surface area contributed by atoms with Crippen molar-refractivity contribution < 1.29 is 35.4 Å². The molecule has 7 atom stereocenters. The number of aliphatic hydroxyl groups excluding tert-OH is 6. The summed E-state index contributed by atoms with van der Waals surface area (Å²) < 4.78 is 0. The van der Waals surface area contributed by atoms with Crippen LogP contribution in [0.25, 0.3) is 0 Å². The minimum absolute atomic E-state index is 0.143. The summed E-state index contributed by atoms with van der Waals surface area (Å²) in [5.41, 5.74) is 3.24. The number of para-hydroxylation sites is 1. The largest absolute Gasteiger partial charge is 0.394 e. The van der Waals surface area contributed by atoms with Gasteiger partial charge in [-0.25, -0.2) is 4.98 Å². The molecule has 0 spiro atoms. The zero-order valence-electron chi connectivity index (χ0n) is 25.9. The van der Waals surface area contributed by atoms with Crippen LogP contribution in [0.1, 0.15) is 41.2 Å². The molecule has 0 aliphatic rings. The van der Waals surface area contributed by atoms with Gasteiger partial charge in [-0.15, -0.1) is 0 Å². The number of aromatic nitrogens is 2. The standard InChI is InChI=1S/C35H43N5O7/c41-22-28(42)32(44)33(45)34(46)35(47)39-20-10-19-36-26-14-5-4-13-24(26)25(21-40-29-16-7-9-18-38-29)30(27-15-6-8-17-37-27)31(43)23-11-2-1-3-12-23/h1-9,11-18,25,28,30-34,36,41-46H,10,19-22H2,(H,38,40)(H,39,47)/t25-,28-,30-,31-,32-,33+,34-/m1/s1. The number of pyridine rings is 2. The molecule has 250 valence electrons. The van der Waals surface area contributed by atoms with Crippen LogP contribution in [0.2, 0.25) is 0 Å². The molecule has 9 N–H and O–H groups in total. The highest BCUT2D eigenvalue weighted by Gasteiger charge is 2.35. The van der Waals surface area contributed by atoms with Crippen molar-refractivity contribution in [2.45, 2.75) is 48.8 Å². The Morgan fingerprint density at radius 3 is 2.09 bits per heavy atom. The zero-order valence-corrected chi connectivity index (χ0v) is 25.9. The number of carbonyl (C=O) groups excluding carboxylic acids is 1. The van der Waals surface area contributed by atoms with Gasteiger partial charge in [0.1, 0.15) is 24.1 Å². The molecular weight excluding hydrogens is 602 g/mol. The van der Waals surface area contributed by atoms with Crippen LogP contribution in [-0.4, -0.2) is 97.2 Å². The Labute approximate surface area is 273 Å². The minimum Gasteiger partial charge on any atom is -0.394 e. The first-order valence-electron chi connectivity index (χ1n) is 15.5. The van der Waals surface area contributed by atoms with E-state index < -0.39 is 49.0 Å². The Morgan fingerprint density at radius 2 is 1.40 bits per heavy atom. The van der Waals surface area contributed by atoms with Crippen molar-refractivity contribution in [1.29, 1.82) is 0 Å². The number of hydrogen-bond donors (Lipinski definition) is 9. The van der Waals surface area contributed by atoms with Gasteiger partial charge in [0, 0.05) is 55.2 Å². The normalized spacial score (nSPS) is 15.8. The number of nitrogens with one attached hydrogen (secondary N) is 3. The van der Waals surface area contributed by atoms with E-state index in [1.54, 1.807) is 12.4 Å². The summed E-state index contributed by atoms with van der Waals surface area (Å²) in [5, 5.41) is 69.5. The van der Waals surface area contributed by atoms with E-state index in [1.165, 1.54) is 0 Å². The predicted molar refractivity (Wildman–Crippen MR) is 178 cm³/mol. The maximum Gasteiger partial charge on any atom is 0.251 e. The van der Waals surface area contributed by atoms with Crippen molar-refractivity contribution in [3.63, 3.8) is 0 Å². The molecule has 2 heterocycles. The van der Waals surface area contributed by atoms with Gasteiger partial charge < -0.3 is 46.6 Å². The van der Waals surface area contributed by atoms with Gasteiger partial charge in [0.05, 0.1) is 12.7 Å². The Bertz CT molecular complexity index is 1490. The first-order valence-corrected chi connectivity index (χ1v) is 15.5. The van der Waals surface area contributed by atoms with Crippen molar-refractivity contribution in [3.05, 3.63) is 120 Å². The fraction of sp³-hybridized carbons (Fsp3) is 0.343. The Kier molecular flexibility index (Phi) is 13.6. The number of amides is 1. The van der Waals surface area contributed by atoms with Gasteiger partial charge in [0.15, 0.2) is 6.10 Å². The summed E-state index contributed by atoms with van der Waals surface area (Å²) in [6.07, 6.45) is -4.58. The first kappa shape index (κ1) is 35.4. The SMILES string of the molecule is O=C(NCCCNc1ccccc1[C@@H](CNc1ccccn1)[C@H](c1ccccn1)[C@H](O)c1ccccc1)[C@H](O)[C@@H](O)[C@H](O)[C@H](O)CO. The molecule has 0 unspecified atom stereocenters. The molecule has 0 fully saturated rings. The Morgan fingerprint density at radius 1 is 0.723 bits per heavy atom. The molecule has 12 nitrogen and oxygen atoms in total. The molecule has 0 saturated carbocycles. The van der Waals surface area contributed by atoms with Gasteiger partial charge in [-0.3, -0.25) is 9.78 Å². The number of carbonyl (C=O) groups is 1. The number of hydrogen-bond acceptors (Lipinski definition) is 11. The van der Waals surface area contributed by atoms with E-state index in [9.17, 15) is 30.3 Å². The van der Waals surface area contributed by atoms with Gasteiger partial charge >= 0.3 is 0 Å². The molecule has 12 heteroatoms. The highest BCUT2D eigenvalue weighted by atomic mass is 16.4. The summed E-state index contributed by atoms with van der Waals surface area (Å²) in [6, 6.07) is 28.6. The van der Waals surface area contributed by atoms with Crippen LogP contribution in [0.5, 0.6) is 0 Å². The lowest BCUT2D eigenvalue weighted by Crippen LogP contribution is -2.51. The molecule has 47 heavy (non-hydrogen) atoms. The minimum atomic E-state index is -1.99. The molecule has 1 amide bonds. The van der Waals surface area contributed by atoms with Crippen LogP contribution in [0.15, 0.2) is 103 Å². The predicted octanol–water partition coefficient (Wildman–Crippen LogP) is 1.54. The molecule has 2 aromatic heterocycles. The third kappa shape index (κ3) is 9.78. The van der Waals surface area contributed by atoms with Crippen molar-refractivity contribution in [1.82, 2.24) is 15.3 Å². The third-order valence-electron chi connectivity index (χ3n) is 7.96. The number of anilines is 2. The lowest BCUT2D eigenvalue weighted by atomic mass is 9.77. The molecular formula is C35H43N5O7. The van der Waals surface area contributed by atoms with Gasteiger partial charge in [-0.05, 0) is 47.9 Å². The highest BCUT2D eigenvalue weighted by Crippen LogP contribution is 2.43. The fourth-order valence-electron chi connectivity index (χ4n) is 5.42. The average molecular weight is 646 g/mol. The Balaban J connectivity index is 1.52. The zero-order chi connectivity index (χ0) is 33.6. The van der Waals surface area contributed by atoms with Crippen molar-refractivity contribution in [2.75, 3.05) is 36.9 Å². The molecule has 0 aliphatic heterocycles. The molecule has 0 saturated heterocycles. The second-order valence-electron chi connectivity index (χ2n) is 11.2. The molecule has 4 rings (SSSR count). The molecule has 4 aromatic rings. The summed E-state index contributed by atoms with van der Waals surface area (Å²) in [6.45, 7) is 0.156. The highest BCUT2D eigenvalue weighted by molar-refractivity contribution is 5.81. The van der Waals surface area contributed by atoms with Gasteiger partial charge in [-0.1, -0.05) is 60.7 Å². The third-order valence-corrected chi connectivity index (χ3v) is 7.96. The van der Waals surface area contributed by atoms with Gasteiger partial charge in [0.25, 0.3) is 5.91 Å². The fourth-order valence-corrected chi connectivity index (χ4v) is 5.42. The van der Waals surface area contributed by atoms with Crippen LogP contribution in [0.3, 0.4) is 0 Å². The van der Waals surface area contributed by atoms with Gasteiger partial charge in [-0.2, -0.15) is 0 Å². The maximum absolute atomic E-state index is 12.3. The van der Waals surface area contributed by atoms with E-state index in [2.05, 4.69) is 25.9 Å². The van der Waals surface area contributed by atoms with Gasteiger partial charge in [0.2, 0.25) is 0 Å². The van der Waals surface area contributed by atoms with E-state index in [0.29, 0.717) is 25.3 Å². The first-order chi connectivity index (χ1) is 22.8. The van der Waals surface area contributed by atoms with E-state index in [0.717, 1.165) is 22.5 Å². The van der Waals surface area contributed by atoms with E-state index in [-0.39, 0.29) is 12.5 Å². The van der Waals surface area contributed by atoms with E-state index in [4.69, 9.17) is 5.11 Å².